The highest BCUT2D eigenvalue weighted by Crippen LogP contribution is 2.50. The van der Waals surface area contributed by atoms with Crippen molar-refractivity contribution < 1.29 is 22.6 Å². The largest absolute Gasteiger partial charge is 0.573 e. The number of hydrogen-bond donors (Lipinski definition) is 0. The second-order valence-electron chi connectivity index (χ2n) is 6.56. The van der Waals surface area contributed by atoms with E-state index >= 15 is 0 Å². The Bertz CT molecular complexity index is 571. The number of hydrogen-bond acceptors (Lipinski definition) is 3. The Morgan fingerprint density at radius 2 is 1.96 bits per heavy atom. The van der Waals surface area contributed by atoms with Crippen molar-refractivity contribution in [3.05, 3.63) is 23.8 Å². The molecular weight excluding hydrogens is 307 g/mol. The first kappa shape index (κ1) is 16.4. The molecule has 1 aliphatic carbocycles. The Hall–Kier alpha value is -1.43. The molecule has 0 bridgehead atoms. The maximum Gasteiger partial charge on any atom is 0.573 e. The minimum Gasteiger partial charge on any atom is -0.493 e. The first-order valence-electron chi connectivity index (χ1n) is 8.00. The highest BCUT2D eigenvalue weighted by molar-refractivity contribution is 5.46. The molecule has 0 spiro atoms. The second kappa shape index (κ2) is 5.89. The average molecular weight is 329 g/mol. The number of benzene rings is 1. The van der Waals surface area contributed by atoms with Crippen molar-refractivity contribution in [2.45, 2.75) is 49.9 Å². The Morgan fingerprint density at radius 1 is 1.17 bits per heavy atom. The molecule has 2 fully saturated rings. The maximum absolute atomic E-state index is 12.7. The molecule has 1 aliphatic heterocycles. The lowest BCUT2D eigenvalue weighted by atomic mass is 9.66. The van der Waals surface area contributed by atoms with E-state index in [0.29, 0.717) is 6.04 Å². The molecule has 0 amide bonds. The summed E-state index contributed by atoms with van der Waals surface area (Å²) in [5.74, 6) is -0.132. The van der Waals surface area contributed by atoms with E-state index in [0.717, 1.165) is 37.8 Å². The molecule has 1 aromatic rings. The molecule has 2 aliphatic rings. The van der Waals surface area contributed by atoms with E-state index in [1.54, 1.807) is 6.07 Å². The van der Waals surface area contributed by atoms with Gasteiger partial charge in [-0.2, -0.15) is 0 Å². The summed E-state index contributed by atoms with van der Waals surface area (Å²) >= 11 is 0. The summed E-state index contributed by atoms with van der Waals surface area (Å²) in [5, 5.41) is 0. The van der Waals surface area contributed by atoms with E-state index in [9.17, 15) is 13.2 Å². The van der Waals surface area contributed by atoms with Crippen LogP contribution in [0.4, 0.5) is 13.2 Å². The van der Waals surface area contributed by atoms with Gasteiger partial charge in [-0.1, -0.05) is 18.9 Å². The van der Waals surface area contributed by atoms with Crippen LogP contribution in [0.2, 0.25) is 0 Å². The average Bonchev–Trinajstić information content (AvgIpc) is 2.85. The van der Waals surface area contributed by atoms with E-state index in [2.05, 4.69) is 16.7 Å². The second-order valence-corrected chi connectivity index (χ2v) is 6.56. The fourth-order valence-electron chi connectivity index (χ4n) is 4.36. The Kier molecular flexibility index (Phi) is 4.21. The van der Waals surface area contributed by atoms with E-state index < -0.39 is 6.36 Å². The van der Waals surface area contributed by atoms with Crippen LogP contribution in [0.25, 0.3) is 0 Å². The van der Waals surface area contributed by atoms with Crippen molar-refractivity contribution in [1.82, 2.24) is 4.90 Å². The molecule has 0 N–H and O–H groups in total. The van der Waals surface area contributed by atoms with Crippen molar-refractivity contribution in [3.8, 4) is 11.5 Å². The number of methoxy groups -OCH3 is 1. The number of fused-ring (bicyclic) bond motifs is 1. The zero-order chi connectivity index (χ0) is 16.7. The Balaban J connectivity index is 2.00. The van der Waals surface area contributed by atoms with E-state index in [4.69, 9.17) is 4.74 Å². The molecule has 0 aromatic heterocycles. The molecule has 0 radical (unpaired) electrons. The lowest BCUT2D eigenvalue weighted by Gasteiger charge is -2.42. The molecule has 3 nitrogen and oxygen atoms in total. The van der Waals surface area contributed by atoms with E-state index in [1.807, 2.05) is 6.07 Å². The van der Waals surface area contributed by atoms with Gasteiger partial charge in [-0.25, -0.2) is 0 Å². The van der Waals surface area contributed by atoms with Gasteiger partial charge in [-0.15, -0.1) is 13.2 Å². The molecule has 1 saturated carbocycles. The van der Waals surface area contributed by atoms with Gasteiger partial charge in [0.05, 0.1) is 7.11 Å². The van der Waals surface area contributed by atoms with Gasteiger partial charge in [0, 0.05) is 11.5 Å². The number of likely N-dealkylation sites (N-methyl/N-ethyl adjacent to an activating group) is 1. The van der Waals surface area contributed by atoms with Gasteiger partial charge < -0.3 is 14.4 Å². The summed E-state index contributed by atoms with van der Waals surface area (Å²) in [5.41, 5.74) is 0.870. The number of likely N-dealkylation sites (tertiary alicyclic amines) is 1. The van der Waals surface area contributed by atoms with Crippen LogP contribution in [-0.4, -0.2) is 38.0 Å². The topological polar surface area (TPSA) is 21.7 Å². The Labute approximate surface area is 134 Å². The highest BCUT2D eigenvalue weighted by Gasteiger charge is 2.48. The monoisotopic (exact) mass is 329 g/mol. The predicted octanol–water partition coefficient (Wildman–Crippen LogP) is 4.11. The van der Waals surface area contributed by atoms with E-state index in [-0.39, 0.29) is 16.9 Å². The van der Waals surface area contributed by atoms with Crippen molar-refractivity contribution >= 4 is 0 Å². The summed E-state index contributed by atoms with van der Waals surface area (Å²) in [6, 6.07) is 5.42. The molecule has 1 heterocycles. The van der Waals surface area contributed by atoms with E-state index in [1.165, 1.54) is 19.6 Å². The molecular formula is C17H22F3NO2. The zero-order valence-corrected chi connectivity index (χ0v) is 13.4. The fourth-order valence-corrected chi connectivity index (χ4v) is 4.36. The van der Waals surface area contributed by atoms with Crippen LogP contribution in [0.3, 0.4) is 0 Å². The van der Waals surface area contributed by atoms with Gasteiger partial charge in [0.15, 0.2) is 11.5 Å². The predicted molar refractivity (Wildman–Crippen MR) is 80.9 cm³/mol. The van der Waals surface area contributed by atoms with Crippen LogP contribution in [0.1, 0.15) is 37.7 Å². The minimum absolute atomic E-state index is 0.0665. The van der Waals surface area contributed by atoms with Gasteiger partial charge in [0.2, 0.25) is 0 Å². The molecule has 2 atom stereocenters. The lowest BCUT2D eigenvalue weighted by Crippen LogP contribution is -2.43. The molecule has 1 unspecified atom stereocenters. The standard InChI is InChI=1S/C17H22F3NO2/c1-21-10-9-16(8-4-3-5-15(16)21)12-6-7-13(22-2)14(11-12)23-17(18,19)20/h6-7,11,15H,3-5,8-10H2,1-2H3/t15?,16-/m0/s1. The number of nitrogens with zero attached hydrogens (tertiary/aromatic N) is 1. The lowest BCUT2D eigenvalue weighted by molar-refractivity contribution is -0.275. The SMILES string of the molecule is COc1ccc([C@@]23CCCCC2N(C)CC3)cc1OC(F)(F)F. The molecule has 23 heavy (non-hydrogen) atoms. The summed E-state index contributed by atoms with van der Waals surface area (Å²) in [6.07, 6.45) is 0.663. The third-order valence-corrected chi connectivity index (χ3v) is 5.40. The van der Waals surface area contributed by atoms with Gasteiger partial charge in [-0.3, -0.25) is 0 Å². The molecule has 3 rings (SSSR count). The van der Waals surface area contributed by atoms with Crippen molar-refractivity contribution in [3.63, 3.8) is 0 Å². The molecule has 128 valence electrons. The van der Waals surface area contributed by atoms with Crippen LogP contribution >= 0.6 is 0 Å². The fraction of sp³-hybridized carbons (Fsp3) is 0.647. The van der Waals surface area contributed by atoms with Crippen LogP contribution in [0.5, 0.6) is 11.5 Å². The number of ether oxygens (including phenoxy) is 2. The third-order valence-electron chi connectivity index (χ3n) is 5.40. The summed E-state index contributed by atoms with van der Waals surface area (Å²) in [4.78, 5) is 2.34. The van der Waals surface area contributed by atoms with Gasteiger partial charge in [0.1, 0.15) is 0 Å². The first-order valence-corrected chi connectivity index (χ1v) is 8.00. The summed E-state index contributed by atoms with van der Waals surface area (Å²) in [7, 11) is 3.46. The molecule has 1 aromatic carbocycles. The molecule has 1 saturated heterocycles. The smallest absolute Gasteiger partial charge is 0.493 e. The van der Waals surface area contributed by atoms with Crippen molar-refractivity contribution in [1.29, 1.82) is 0 Å². The third kappa shape index (κ3) is 3.01. The van der Waals surface area contributed by atoms with Crippen molar-refractivity contribution in [2.24, 2.45) is 0 Å². The zero-order valence-electron chi connectivity index (χ0n) is 13.4. The maximum atomic E-state index is 12.7. The number of alkyl halides is 3. The first-order chi connectivity index (χ1) is 10.9. The minimum atomic E-state index is -4.72. The Morgan fingerprint density at radius 3 is 2.65 bits per heavy atom. The number of halogens is 3. The van der Waals surface area contributed by atoms with Gasteiger partial charge >= 0.3 is 6.36 Å². The van der Waals surface area contributed by atoms with Crippen LogP contribution in [-0.2, 0) is 5.41 Å². The summed E-state index contributed by atoms with van der Waals surface area (Å²) < 4.78 is 47.2. The van der Waals surface area contributed by atoms with Crippen LogP contribution in [0, 0.1) is 0 Å². The van der Waals surface area contributed by atoms with Gasteiger partial charge in [-0.05, 0) is 50.6 Å². The molecule has 6 heteroatoms. The summed E-state index contributed by atoms with van der Waals surface area (Å²) in [6.45, 7) is 0.978. The van der Waals surface area contributed by atoms with Crippen LogP contribution < -0.4 is 9.47 Å². The quantitative estimate of drug-likeness (QED) is 0.833. The number of rotatable bonds is 3. The van der Waals surface area contributed by atoms with Crippen LogP contribution in [0.15, 0.2) is 18.2 Å². The normalized spacial score (nSPS) is 28.5. The highest BCUT2D eigenvalue weighted by atomic mass is 19.4. The van der Waals surface area contributed by atoms with Crippen molar-refractivity contribution in [2.75, 3.05) is 20.7 Å². The van der Waals surface area contributed by atoms with Gasteiger partial charge in [0.25, 0.3) is 0 Å².